The predicted molar refractivity (Wildman–Crippen MR) is 94.8 cm³/mol. The van der Waals surface area contributed by atoms with Gasteiger partial charge < -0.3 is 15.6 Å². The first kappa shape index (κ1) is 16.5. The van der Waals surface area contributed by atoms with Gasteiger partial charge in [0.2, 0.25) is 5.91 Å². The summed E-state index contributed by atoms with van der Waals surface area (Å²) in [5.74, 6) is 0.967. The van der Waals surface area contributed by atoms with Gasteiger partial charge in [-0.3, -0.25) is 4.79 Å². The number of amides is 1. The van der Waals surface area contributed by atoms with E-state index in [2.05, 4.69) is 31.7 Å². The fourth-order valence-corrected chi connectivity index (χ4v) is 2.71. The maximum Gasteiger partial charge on any atom is 0.217 e. The van der Waals surface area contributed by atoms with E-state index in [1.807, 2.05) is 12.1 Å². The van der Waals surface area contributed by atoms with Gasteiger partial charge in [0, 0.05) is 49.6 Å². The molecule has 1 amide bonds. The average Bonchev–Trinajstić information content (AvgIpc) is 3.29. The van der Waals surface area contributed by atoms with E-state index in [4.69, 9.17) is 5.26 Å². The smallest absolute Gasteiger partial charge is 0.217 e. The van der Waals surface area contributed by atoms with Gasteiger partial charge in [-0.1, -0.05) is 0 Å². The number of aromatic amines is 1. The summed E-state index contributed by atoms with van der Waals surface area (Å²) in [6, 6.07) is 7.61. The Kier molecular flexibility index (Phi) is 4.90. The summed E-state index contributed by atoms with van der Waals surface area (Å²) < 4.78 is 0. The minimum atomic E-state index is 0.00141. The maximum atomic E-state index is 10.8. The number of pyridine rings is 2. The number of nitrogens with zero attached hydrogens (tertiary/aromatic N) is 3. The van der Waals surface area contributed by atoms with Gasteiger partial charge in [0.15, 0.2) is 0 Å². The van der Waals surface area contributed by atoms with Crippen molar-refractivity contribution in [2.45, 2.75) is 19.9 Å². The predicted octanol–water partition coefficient (Wildman–Crippen LogP) is 2.12. The Hall–Kier alpha value is -3.40. The first-order valence-corrected chi connectivity index (χ1v) is 7.96. The van der Waals surface area contributed by atoms with Gasteiger partial charge in [-0.05, 0) is 30.2 Å². The lowest BCUT2D eigenvalue weighted by Crippen LogP contribution is -2.19. The minimum absolute atomic E-state index is 0.00141. The number of carbonyl (C=O) groups excluding carboxylic acids is 1. The van der Waals surface area contributed by atoms with E-state index < -0.39 is 0 Å². The molecular weight excluding hydrogens is 316 g/mol. The van der Waals surface area contributed by atoms with E-state index in [0.717, 1.165) is 35.4 Å². The molecular formula is C18H18N6O. The van der Waals surface area contributed by atoms with Crippen molar-refractivity contribution in [3.8, 4) is 6.07 Å². The Balaban J connectivity index is 0.000000150. The SMILES string of the molecule is CC(=O)NCc1ccnc2c1CCN2.N#Cc1ccnc2[nH]ccc12. The van der Waals surface area contributed by atoms with Gasteiger partial charge in [0.1, 0.15) is 11.5 Å². The van der Waals surface area contributed by atoms with Gasteiger partial charge in [0.05, 0.1) is 11.6 Å². The molecule has 4 heterocycles. The number of nitrogens with one attached hydrogen (secondary N) is 3. The second-order valence-corrected chi connectivity index (χ2v) is 5.59. The molecule has 0 bridgehead atoms. The van der Waals surface area contributed by atoms with Crippen molar-refractivity contribution in [2.24, 2.45) is 0 Å². The van der Waals surface area contributed by atoms with Gasteiger partial charge in [0.25, 0.3) is 0 Å². The van der Waals surface area contributed by atoms with Crippen LogP contribution >= 0.6 is 0 Å². The fourth-order valence-electron chi connectivity index (χ4n) is 2.71. The van der Waals surface area contributed by atoms with E-state index in [-0.39, 0.29) is 5.91 Å². The number of anilines is 1. The highest BCUT2D eigenvalue weighted by Crippen LogP contribution is 2.22. The number of nitriles is 1. The highest BCUT2D eigenvalue weighted by Gasteiger charge is 2.14. The van der Waals surface area contributed by atoms with Gasteiger partial charge in [-0.15, -0.1) is 0 Å². The first-order valence-electron chi connectivity index (χ1n) is 7.96. The number of H-pyrrole nitrogens is 1. The molecule has 0 saturated carbocycles. The summed E-state index contributed by atoms with van der Waals surface area (Å²) >= 11 is 0. The summed E-state index contributed by atoms with van der Waals surface area (Å²) in [6.07, 6.45) is 6.17. The lowest BCUT2D eigenvalue weighted by molar-refractivity contribution is -0.119. The average molecular weight is 334 g/mol. The molecule has 7 nitrogen and oxygen atoms in total. The van der Waals surface area contributed by atoms with E-state index >= 15 is 0 Å². The van der Waals surface area contributed by atoms with Crippen molar-refractivity contribution < 1.29 is 4.79 Å². The zero-order valence-corrected chi connectivity index (χ0v) is 13.8. The topological polar surface area (TPSA) is 106 Å². The molecule has 0 spiro atoms. The Morgan fingerprint density at radius 3 is 2.96 bits per heavy atom. The van der Waals surface area contributed by atoms with E-state index in [0.29, 0.717) is 12.1 Å². The molecule has 0 unspecified atom stereocenters. The zero-order chi connectivity index (χ0) is 17.6. The molecule has 4 rings (SSSR count). The normalized spacial score (nSPS) is 11.7. The molecule has 3 N–H and O–H groups in total. The molecule has 1 aliphatic rings. The molecule has 25 heavy (non-hydrogen) atoms. The fraction of sp³-hybridized carbons (Fsp3) is 0.222. The Morgan fingerprint density at radius 2 is 2.16 bits per heavy atom. The largest absolute Gasteiger partial charge is 0.370 e. The molecule has 1 aliphatic heterocycles. The number of fused-ring (bicyclic) bond motifs is 2. The molecule has 0 aliphatic carbocycles. The first-order chi connectivity index (χ1) is 12.2. The van der Waals surface area contributed by atoms with Crippen molar-refractivity contribution in [1.29, 1.82) is 5.26 Å². The van der Waals surface area contributed by atoms with Crippen molar-refractivity contribution in [3.05, 3.63) is 53.5 Å². The van der Waals surface area contributed by atoms with Crippen LogP contribution in [0.1, 0.15) is 23.6 Å². The second-order valence-electron chi connectivity index (χ2n) is 5.59. The molecule has 126 valence electrons. The molecule has 0 aromatic carbocycles. The minimum Gasteiger partial charge on any atom is -0.370 e. The van der Waals surface area contributed by atoms with Crippen LogP contribution < -0.4 is 10.6 Å². The third kappa shape index (κ3) is 3.75. The number of hydrogen-bond acceptors (Lipinski definition) is 5. The second kappa shape index (κ2) is 7.45. The molecule has 0 atom stereocenters. The summed E-state index contributed by atoms with van der Waals surface area (Å²) in [4.78, 5) is 22.0. The third-order valence-corrected chi connectivity index (χ3v) is 3.93. The van der Waals surface area contributed by atoms with Crippen LogP contribution in [0.15, 0.2) is 36.8 Å². The van der Waals surface area contributed by atoms with Crippen LogP contribution in [0.25, 0.3) is 11.0 Å². The van der Waals surface area contributed by atoms with Crippen LogP contribution in [-0.2, 0) is 17.8 Å². The highest BCUT2D eigenvalue weighted by molar-refractivity contribution is 5.81. The lowest BCUT2D eigenvalue weighted by atomic mass is 10.1. The Labute approximate surface area is 145 Å². The van der Waals surface area contributed by atoms with Crippen molar-refractivity contribution >= 4 is 22.8 Å². The summed E-state index contributed by atoms with van der Waals surface area (Å²) in [6.45, 7) is 3.07. The molecule has 3 aromatic rings. The standard InChI is InChI=1S/C10H13N3O.C8H5N3/c1-7(14)13-6-8-2-4-11-10-9(8)3-5-12-10;9-5-6-1-3-10-8-7(6)2-4-11-8/h2,4H,3,5-6H2,1H3,(H,11,12)(H,13,14);1-4H,(H,10,11). The summed E-state index contributed by atoms with van der Waals surface area (Å²) in [7, 11) is 0. The molecule has 0 saturated heterocycles. The van der Waals surface area contributed by atoms with Crippen LogP contribution in [0.2, 0.25) is 0 Å². The number of hydrogen-bond donors (Lipinski definition) is 3. The van der Waals surface area contributed by atoms with Crippen LogP contribution in [0.4, 0.5) is 5.82 Å². The number of rotatable bonds is 2. The lowest BCUT2D eigenvalue weighted by Gasteiger charge is -2.06. The van der Waals surface area contributed by atoms with Crippen molar-refractivity contribution in [1.82, 2.24) is 20.3 Å². The summed E-state index contributed by atoms with van der Waals surface area (Å²) in [5.41, 5.74) is 3.83. The zero-order valence-electron chi connectivity index (χ0n) is 13.8. The molecule has 7 heteroatoms. The van der Waals surface area contributed by atoms with E-state index in [9.17, 15) is 4.79 Å². The van der Waals surface area contributed by atoms with E-state index in [1.54, 1.807) is 24.7 Å². The quantitative estimate of drug-likeness (QED) is 0.665. The van der Waals surface area contributed by atoms with Gasteiger partial charge in [-0.25, -0.2) is 9.97 Å². The van der Waals surface area contributed by atoms with Crippen LogP contribution in [-0.4, -0.2) is 27.4 Å². The molecule has 0 fully saturated rings. The van der Waals surface area contributed by atoms with Crippen molar-refractivity contribution in [3.63, 3.8) is 0 Å². The van der Waals surface area contributed by atoms with E-state index in [1.165, 1.54) is 12.5 Å². The van der Waals surface area contributed by atoms with Gasteiger partial charge >= 0.3 is 0 Å². The van der Waals surface area contributed by atoms with Gasteiger partial charge in [-0.2, -0.15) is 5.26 Å². The third-order valence-electron chi connectivity index (χ3n) is 3.93. The van der Waals surface area contributed by atoms with Crippen LogP contribution in [0.3, 0.4) is 0 Å². The number of carbonyl (C=O) groups is 1. The summed E-state index contributed by atoms with van der Waals surface area (Å²) in [5, 5.41) is 15.5. The van der Waals surface area contributed by atoms with Crippen molar-refractivity contribution in [2.75, 3.05) is 11.9 Å². The molecule has 0 radical (unpaired) electrons. The highest BCUT2D eigenvalue weighted by atomic mass is 16.1. The molecule has 3 aromatic heterocycles. The Morgan fingerprint density at radius 1 is 1.32 bits per heavy atom. The van der Waals surface area contributed by atoms with Crippen LogP contribution in [0.5, 0.6) is 0 Å². The number of aromatic nitrogens is 3. The van der Waals surface area contributed by atoms with Crippen LogP contribution in [0, 0.1) is 11.3 Å². The maximum absolute atomic E-state index is 10.8. The Bertz CT molecular complexity index is 940. The monoisotopic (exact) mass is 334 g/mol.